The molecule has 270 valence electrons. The summed E-state index contributed by atoms with van der Waals surface area (Å²) in [5, 5.41) is 14.1. The van der Waals surface area contributed by atoms with Gasteiger partial charge in [-0.2, -0.15) is 5.10 Å². The van der Waals surface area contributed by atoms with Gasteiger partial charge in [-0.3, -0.25) is 24.0 Å². The van der Waals surface area contributed by atoms with E-state index in [0.717, 1.165) is 4.68 Å². The number of hydrogen-bond acceptors (Lipinski definition) is 10. The Bertz CT molecular complexity index is 2190. The number of amides is 4. The van der Waals surface area contributed by atoms with Crippen molar-refractivity contribution < 1.29 is 28.0 Å². The van der Waals surface area contributed by atoms with Crippen LogP contribution < -0.4 is 21.5 Å². The molecule has 4 heterocycles. The molecule has 3 N–H and O–H groups in total. The molecule has 4 amide bonds. The van der Waals surface area contributed by atoms with Gasteiger partial charge < -0.3 is 29.7 Å². The Kier molecular flexibility index (Phi) is 10.3. The number of aromatic nitrogens is 4. The Morgan fingerprint density at radius 3 is 2.35 bits per heavy atom. The standard InChI is InChI=1S/C37H40N8O7/c1-20(2)15-27-36-41-29(19-51-36)33(48)38-22(4)35-42-32(23(5)52-35)34(49)40-28(24-11-7-6-8-12-24)16-44(17-30(46)39-27)31(47)18-45-37(50)26-14-10-9-13-25(26)21(3)43-45/h6-14,19-20,22,27-28H,15-18H2,1-5H3,(H,38,48)(H,39,46)(H,40,49)/t22-,27+,28+/m0/s1. The van der Waals surface area contributed by atoms with Crippen LogP contribution >= 0.6 is 0 Å². The Morgan fingerprint density at radius 2 is 1.62 bits per heavy atom. The van der Waals surface area contributed by atoms with Crippen LogP contribution in [0.4, 0.5) is 0 Å². The van der Waals surface area contributed by atoms with Gasteiger partial charge in [-0.25, -0.2) is 14.6 Å². The summed E-state index contributed by atoms with van der Waals surface area (Å²) >= 11 is 0. The summed E-state index contributed by atoms with van der Waals surface area (Å²) in [4.78, 5) is 78.5. The third kappa shape index (κ3) is 7.77. The summed E-state index contributed by atoms with van der Waals surface area (Å²) in [6, 6.07) is 13.7. The van der Waals surface area contributed by atoms with E-state index in [4.69, 9.17) is 8.83 Å². The van der Waals surface area contributed by atoms with Crippen LogP contribution in [0.15, 0.2) is 74.5 Å². The highest BCUT2D eigenvalue weighted by molar-refractivity contribution is 5.94. The molecule has 0 radical (unpaired) electrons. The minimum Gasteiger partial charge on any atom is -0.446 e. The van der Waals surface area contributed by atoms with E-state index in [-0.39, 0.29) is 41.4 Å². The van der Waals surface area contributed by atoms with Gasteiger partial charge in [-0.15, -0.1) is 0 Å². The lowest BCUT2D eigenvalue weighted by Gasteiger charge is -2.29. The zero-order valence-electron chi connectivity index (χ0n) is 29.5. The molecule has 52 heavy (non-hydrogen) atoms. The van der Waals surface area contributed by atoms with Crippen LogP contribution in [0.25, 0.3) is 10.8 Å². The lowest BCUT2D eigenvalue weighted by molar-refractivity contribution is -0.137. The molecule has 3 atom stereocenters. The zero-order valence-corrected chi connectivity index (χ0v) is 29.5. The van der Waals surface area contributed by atoms with E-state index >= 15 is 0 Å². The molecule has 1 aliphatic heterocycles. The first-order chi connectivity index (χ1) is 24.9. The number of nitrogens with zero attached hydrogens (tertiary/aromatic N) is 5. The number of hydrogen-bond donors (Lipinski definition) is 3. The first-order valence-corrected chi connectivity index (χ1v) is 17.0. The van der Waals surface area contributed by atoms with Gasteiger partial charge in [0.05, 0.1) is 23.7 Å². The quantitative estimate of drug-likeness (QED) is 0.242. The molecule has 5 aromatic rings. The molecule has 15 nitrogen and oxygen atoms in total. The number of oxazole rings is 2. The summed E-state index contributed by atoms with van der Waals surface area (Å²) < 4.78 is 12.6. The normalized spacial score (nSPS) is 18.8. The van der Waals surface area contributed by atoms with E-state index in [0.29, 0.717) is 28.5 Å². The Morgan fingerprint density at radius 1 is 0.904 bits per heavy atom. The van der Waals surface area contributed by atoms with E-state index in [2.05, 4.69) is 31.0 Å². The van der Waals surface area contributed by atoms with Crippen molar-refractivity contribution in [3.05, 3.63) is 111 Å². The Balaban J connectivity index is 1.41. The minimum atomic E-state index is -0.829. The van der Waals surface area contributed by atoms with Crippen molar-refractivity contribution in [3.8, 4) is 0 Å². The Labute approximate surface area is 298 Å². The predicted octanol–water partition coefficient (Wildman–Crippen LogP) is 3.70. The third-order valence-electron chi connectivity index (χ3n) is 8.78. The molecule has 0 fully saturated rings. The summed E-state index contributed by atoms with van der Waals surface area (Å²) in [6.07, 6.45) is 1.61. The van der Waals surface area contributed by atoms with Gasteiger partial charge in [-0.1, -0.05) is 62.4 Å². The maximum atomic E-state index is 14.2. The van der Waals surface area contributed by atoms with Gasteiger partial charge in [0, 0.05) is 11.9 Å². The molecule has 4 bridgehead atoms. The fourth-order valence-electron chi connectivity index (χ4n) is 6.16. The van der Waals surface area contributed by atoms with Gasteiger partial charge in [0.15, 0.2) is 11.4 Å². The van der Waals surface area contributed by atoms with Crippen LogP contribution in [0.2, 0.25) is 0 Å². The van der Waals surface area contributed by atoms with Gasteiger partial charge in [0.2, 0.25) is 23.6 Å². The molecular formula is C37H40N8O7. The van der Waals surface area contributed by atoms with Crippen LogP contribution in [0.3, 0.4) is 0 Å². The summed E-state index contributed by atoms with van der Waals surface area (Å²) in [7, 11) is 0. The van der Waals surface area contributed by atoms with Crippen LogP contribution in [0.1, 0.15) is 95.1 Å². The van der Waals surface area contributed by atoms with Gasteiger partial charge in [0.25, 0.3) is 17.4 Å². The molecule has 1 aliphatic rings. The smallest absolute Gasteiger partial charge is 0.275 e. The maximum absolute atomic E-state index is 14.2. The van der Waals surface area contributed by atoms with Crippen molar-refractivity contribution in [3.63, 3.8) is 0 Å². The monoisotopic (exact) mass is 708 g/mol. The molecule has 0 saturated carbocycles. The van der Waals surface area contributed by atoms with Crippen molar-refractivity contribution >= 4 is 34.4 Å². The number of benzene rings is 2. The number of carbonyl (C=O) groups is 4. The molecule has 6 rings (SSSR count). The first kappa shape index (κ1) is 35.7. The number of carbonyl (C=O) groups excluding carboxylic acids is 4. The Hall–Kier alpha value is -6.12. The second kappa shape index (κ2) is 15.0. The van der Waals surface area contributed by atoms with Crippen molar-refractivity contribution in [1.82, 2.24) is 40.6 Å². The van der Waals surface area contributed by atoms with E-state index in [1.54, 1.807) is 69.3 Å². The molecule has 3 aromatic heterocycles. The van der Waals surface area contributed by atoms with Gasteiger partial charge in [-0.05, 0) is 44.7 Å². The van der Waals surface area contributed by atoms with Crippen LogP contribution in [-0.2, 0) is 16.1 Å². The van der Waals surface area contributed by atoms with Crippen molar-refractivity contribution in [2.45, 2.75) is 65.7 Å². The lowest BCUT2D eigenvalue weighted by atomic mass is 10.0. The number of rotatable bonds is 5. The predicted molar refractivity (Wildman–Crippen MR) is 188 cm³/mol. The highest BCUT2D eigenvalue weighted by Gasteiger charge is 2.31. The zero-order chi connectivity index (χ0) is 37.1. The van der Waals surface area contributed by atoms with Crippen molar-refractivity contribution in [1.29, 1.82) is 0 Å². The summed E-state index contributed by atoms with van der Waals surface area (Å²) in [6.45, 7) is 7.82. The number of fused-ring (bicyclic) bond motifs is 5. The molecule has 0 aliphatic carbocycles. The molecule has 15 heteroatoms. The molecular weight excluding hydrogens is 668 g/mol. The van der Waals surface area contributed by atoms with E-state index in [1.165, 1.54) is 11.2 Å². The van der Waals surface area contributed by atoms with Crippen molar-refractivity contribution in [2.24, 2.45) is 5.92 Å². The first-order valence-electron chi connectivity index (χ1n) is 17.0. The minimum absolute atomic E-state index is 0.0172. The largest absolute Gasteiger partial charge is 0.446 e. The maximum Gasteiger partial charge on any atom is 0.275 e. The van der Waals surface area contributed by atoms with E-state index < -0.39 is 60.4 Å². The average Bonchev–Trinajstić information content (AvgIpc) is 3.77. The topological polar surface area (TPSA) is 195 Å². The molecule has 0 unspecified atom stereocenters. The SMILES string of the molecule is Cc1oc2nc1C(=O)N[C@@H](c1ccccc1)CN(C(=O)Cn1nc(C)c3ccccc3c1=O)CC(=O)N[C@H](CC(C)C)c1nc(co1)C(=O)N[C@H]2C. The summed E-state index contributed by atoms with van der Waals surface area (Å²) in [5.74, 6) is -1.81. The van der Waals surface area contributed by atoms with Crippen LogP contribution in [0, 0.1) is 19.8 Å². The van der Waals surface area contributed by atoms with Gasteiger partial charge in [0.1, 0.15) is 30.7 Å². The highest BCUT2D eigenvalue weighted by Crippen LogP contribution is 2.24. The molecule has 0 saturated heterocycles. The van der Waals surface area contributed by atoms with Gasteiger partial charge >= 0.3 is 0 Å². The average molecular weight is 709 g/mol. The van der Waals surface area contributed by atoms with E-state index in [1.807, 2.05) is 19.9 Å². The second-order valence-electron chi connectivity index (χ2n) is 13.3. The lowest BCUT2D eigenvalue weighted by Crippen LogP contribution is -2.48. The van der Waals surface area contributed by atoms with Crippen LogP contribution in [-0.4, -0.2) is 61.4 Å². The summed E-state index contributed by atoms with van der Waals surface area (Å²) in [5.41, 5.74) is 0.699. The van der Waals surface area contributed by atoms with Crippen molar-refractivity contribution in [2.75, 3.05) is 13.1 Å². The molecule has 2 aromatic carbocycles. The second-order valence-corrected chi connectivity index (χ2v) is 13.3. The number of nitrogens with one attached hydrogen (secondary N) is 3. The fourth-order valence-corrected chi connectivity index (χ4v) is 6.16. The third-order valence-corrected chi connectivity index (χ3v) is 8.78. The highest BCUT2D eigenvalue weighted by atomic mass is 16.4. The number of aryl methyl sites for hydroxylation is 2. The van der Waals surface area contributed by atoms with Crippen LogP contribution in [0.5, 0.6) is 0 Å². The molecule has 0 spiro atoms. The fraction of sp³-hybridized carbons (Fsp3) is 0.351. The van der Waals surface area contributed by atoms with E-state index in [9.17, 15) is 24.0 Å².